The van der Waals surface area contributed by atoms with E-state index in [2.05, 4.69) is 39.7 Å². The van der Waals surface area contributed by atoms with Gasteiger partial charge in [-0.15, -0.1) is 5.10 Å². The Morgan fingerprint density at radius 1 is 1.06 bits per heavy atom. The van der Waals surface area contributed by atoms with Gasteiger partial charge in [-0.25, -0.2) is 4.98 Å². The van der Waals surface area contributed by atoms with E-state index in [1.807, 2.05) is 0 Å². The van der Waals surface area contributed by atoms with Crippen LogP contribution in [0.1, 0.15) is 44.5 Å². The number of anilines is 1. The van der Waals surface area contributed by atoms with E-state index in [9.17, 15) is 0 Å². The average molecular weight is 249 g/mol. The van der Waals surface area contributed by atoms with Gasteiger partial charge in [-0.05, 0) is 38.6 Å². The molecule has 100 valence electrons. The molecule has 2 N–H and O–H groups in total. The molecular formula is C13H23N5. The molecule has 0 amide bonds. The van der Waals surface area contributed by atoms with E-state index in [1.165, 1.54) is 12.8 Å². The van der Waals surface area contributed by atoms with Crippen molar-refractivity contribution in [2.45, 2.75) is 52.0 Å². The number of hydrogen-bond donors (Lipinski definition) is 2. The molecule has 2 rings (SSSR count). The van der Waals surface area contributed by atoms with E-state index in [0.29, 0.717) is 5.95 Å². The summed E-state index contributed by atoms with van der Waals surface area (Å²) in [6, 6.07) is 0.790. The lowest BCUT2D eigenvalue weighted by molar-refractivity contribution is 0.657. The van der Waals surface area contributed by atoms with Crippen molar-refractivity contribution in [2.75, 3.05) is 18.4 Å². The van der Waals surface area contributed by atoms with E-state index >= 15 is 0 Å². The molecular weight excluding hydrogens is 226 g/mol. The first-order valence-electron chi connectivity index (χ1n) is 7.03. The zero-order valence-electron chi connectivity index (χ0n) is 11.4. The molecule has 1 aliphatic rings. The van der Waals surface area contributed by atoms with Crippen LogP contribution in [0, 0.1) is 0 Å². The van der Waals surface area contributed by atoms with Crippen LogP contribution in [0.3, 0.4) is 0 Å². The monoisotopic (exact) mass is 249 g/mol. The van der Waals surface area contributed by atoms with Crippen LogP contribution in [0.25, 0.3) is 0 Å². The van der Waals surface area contributed by atoms with Crippen molar-refractivity contribution < 1.29 is 0 Å². The summed E-state index contributed by atoms with van der Waals surface area (Å²) in [6.45, 7) is 6.16. The highest BCUT2D eigenvalue weighted by Crippen LogP contribution is 2.18. The molecule has 0 bridgehead atoms. The van der Waals surface area contributed by atoms with Crippen LogP contribution in [0.2, 0.25) is 0 Å². The molecule has 1 aliphatic carbocycles. The quantitative estimate of drug-likeness (QED) is 0.684. The molecule has 0 unspecified atom stereocenters. The molecule has 0 aliphatic heterocycles. The van der Waals surface area contributed by atoms with Crippen LogP contribution in [-0.4, -0.2) is 34.3 Å². The second kappa shape index (κ2) is 6.64. The van der Waals surface area contributed by atoms with Gasteiger partial charge in [0, 0.05) is 12.6 Å². The Bertz CT molecular complexity index is 376. The molecule has 1 aromatic rings. The second-order valence-corrected chi connectivity index (χ2v) is 4.74. The molecule has 0 atom stereocenters. The van der Waals surface area contributed by atoms with Gasteiger partial charge in [-0.1, -0.05) is 13.8 Å². The number of nitrogens with one attached hydrogen (secondary N) is 2. The summed E-state index contributed by atoms with van der Waals surface area (Å²) in [5, 5.41) is 15.1. The van der Waals surface area contributed by atoms with Gasteiger partial charge in [-0.2, -0.15) is 5.10 Å². The Morgan fingerprint density at radius 2 is 1.83 bits per heavy atom. The molecule has 0 saturated heterocycles. The lowest BCUT2D eigenvalue weighted by Crippen LogP contribution is -2.20. The fraction of sp³-hybridized carbons (Fsp3) is 0.769. The normalized spacial score (nSPS) is 14.8. The number of aromatic nitrogens is 3. The standard InChI is InChI=1S/C13H23N5/c1-3-11-12(4-2)17-18-13(16-11)15-9-5-8-14-10-6-7-10/h10,14H,3-9H2,1-2H3,(H,15,16,18). The maximum Gasteiger partial charge on any atom is 0.242 e. The predicted molar refractivity (Wildman–Crippen MR) is 72.7 cm³/mol. The molecule has 18 heavy (non-hydrogen) atoms. The third kappa shape index (κ3) is 3.91. The van der Waals surface area contributed by atoms with E-state index < -0.39 is 0 Å². The van der Waals surface area contributed by atoms with Crippen molar-refractivity contribution in [3.63, 3.8) is 0 Å². The van der Waals surface area contributed by atoms with E-state index in [0.717, 1.165) is 49.8 Å². The Balaban J connectivity index is 1.73. The van der Waals surface area contributed by atoms with Gasteiger partial charge in [0.15, 0.2) is 0 Å². The van der Waals surface area contributed by atoms with E-state index in [1.54, 1.807) is 0 Å². The average Bonchev–Trinajstić information content (AvgIpc) is 3.22. The van der Waals surface area contributed by atoms with Crippen LogP contribution >= 0.6 is 0 Å². The summed E-state index contributed by atoms with van der Waals surface area (Å²) in [5.41, 5.74) is 2.07. The molecule has 1 saturated carbocycles. The molecule has 5 nitrogen and oxygen atoms in total. The van der Waals surface area contributed by atoms with Crippen molar-refractivity contribution in [2.24, 2.45) is 0 Å². The molecule has 1 aromatic heterocycles. The SMILES string of the molecule is CCc1nnc(NCCCNC2CC2)nc1CC. The highest BCUT2D eigenvalue weighted by Gasteiger charge is 2.19. The Labute approximate surface area is 109 Å². The van der Waals surface area contributed by atoms with Gasteiger partial charge >= 0.3 is 0 Å². The topological polar surface area (TPSA) is 62.7 Å². The molecule has 0 spiro atoms. The minimum Gasteiger partial charge on any atom is -0.353 e. The van der Waals surface area contributed by atoms with Crippen molar-refractivity contribution in [1.82, 2.24) is 20.5 Å². The maximum atomic E-state index is 4.50. The first kappa shape index (κ1) is 13.2. The summed E-state index contributed by atoms with van der Waals surface area (Å²) >= 11 is 0. The van der Waals surface area contributed by atoms with Gasteiger partial charge in [0.2, 0.25) is 5.95 Å². The smallest absolute Gasteiger partial charge is 0.242 e. The third-order valence-corrected chi connectivity index (χ3v) is 3.16. The van der Waals surface area contributed by atoms with Crippen LogP contribution in [-0.2, 0) is 12.8 Å². The number of aryl methyl sites for hydroxylation is 2. The third-order valence-electron chi connectivity index (χ3n) is 3.16. The van der Waals surface area contributed by atoms with Crippen LogP contribution in [0.15, 0.2) is 0 Å². The van der Waals surface area contributed by atoms with Crippen molar-refractivity contribution in [3.05, 3.63) is 11.4 Å². The highest BCUT2D eigenvalue weighted by atomic mass is 15.2. The van der Waals surface area contributed by atoms with Crippen LogP contribution in [0.4, 0.5) is 5.95 Å². The van der Waals surface area contributed by atoms with Gasteiger partial charge in [0.05, 0.1) is 11.4 Å². The first-order valence-corrected chi connectivity index (χ1v) is 7.03. The first-order chi connectivity index (χ1) is 8.83. The van der Waals surface area contributed by atoms with E-state index in [4.69, 9.17) is 0 Å². The largest absolute Gasteiger partial charge is 0.353 e. The van der Waals surface area contributed by atoms with Crippen LogP contribution < -0.4 is 10.6 Å². The fourth-order valence-corrected chi connectivity index (χ4v) is 1.90. The molecule has 1 heterocycles. The Hall–Kier alpha value is -1.23. The van der Waals surface area contributed by atoms with E-state index in [-0.39, 0.29) is 0 Å². The lowest BCUT2D eigenvalue weighted by atomic mass is 10.2. The number of rotatable bonds is 8. The molecule has 5 heteroatoms. The zero-order chi connectivity index (χ0) is 12.8. The van der Waals surface area contributed by atoms with Crippen molar-refractivity contribution in [3.8, 4) is 0 Å². The Kier molecular flexibility index (Phi) is 4.87. The minimum absolute atomic E-state index is 0.662. The predicted octanol–water partition coefficient (Wildman–Crippen LogP) is 1.55. The maximum absolute atomic E-state index is 4.50. The van der Waals surface area contributed by atoms with Gasteiger partial charge < -0.3 is 10.6 Å². The minimum atomic E-state index is 0.662. The second-order valence-electron chi connectivity index (χ2n) is 4.74. The van der Waals surface area contributed by atoms with Crippen molar-refractivity contribution in [1.29, 1.82) is 0 Å². The van der Waals surface area contributed by atoms with Gasteiger partial charge in [0.25, 0.3) is 0 Å². The molecule has 0 aromatic carbocycles. The lowest BCUT2D eigenvalue weighted by Gasteiger charge is -2.08. The Morgan fingerprint density at radius 3 is 2.50 bits per heavy atom. The summed E-state index contributed by atoms with van der Waals surface area (Å²) in [6.07, 6.45) is 5.60. The highest BCUT2D eigenvalue weighted by molar-refractivity contribution is 5.25. The zero-order valence-corrected chi connectivity index (χ0v) is 11.4. The van der Waals surface area contributed by atoms with Crippen molar-refractivity contribution >= 4 is 5.95 Å². The summed E-state index contributed by atoms with van der Waals surface area (Å²) in [4.78, 5) is 4.50. The summed E-state index contributed by atoms with van der Waals surface area (Å²) in [7, 11) is 0. The molecule has 0 radical (unpaired) electrons. The van der Waals surface area contributed by atoms with Gasteiger partial charge in [0.1, 0.15) is 0 Å². The number of nitrogens with zero attached hydrogens (tertiary/aromatic N) is 3. The summed E-state index contributed by atoms with van der Waals surface area (Å²) < 4.78 is 0. The fourth-order valence-electron chi connectivity index (χ4n) is 1.90. The molecule has 1 fully saturated rings. The summed E-state index contributed by atoms with van der Waals surface area (Å²) in [5.74, 6) is 0.662. The number of hydrogen-bond acceptors (Lipinski definition) is 5. The van der Waals surface area contributed by atoms with Crippen LogP contribution in [0.5, 0.6) is 0 Å². The van der Waals surface area contributed by atoms with Gasteiger partial charge in [-0.3, -0.25) is 0 Å².